The van der Waals surface area contributed by atoms with Gasteiger partial charge in [0.25, 0.3) is 0 Å². The molecule has 0 radical (unpaired) electrons. The standard InChI is InChI=1S/C13H18O3/c1-4-13(14)16-10(3)11-6-8-12(9-7-11)15-5-2/h6-10H,4-5H2,1-3H3. The van der Waals surface area contributed by atoms with Crippen LogP contribution in [0.1, 0.15) is 38.9 Å². The average molecular weight is 222 g/mol. The zero-order chi connectivity index (χ0) is 12.0. The molecule has 3 heteroatoms. The minimum Gasteiger partial charge on any atom is -0.494 e. The van der Waals surface area contributed by atoms with E-state index in [2.05, 4.69) is 0 Å². The summed E-state index contributed by atoms with van der Waals surface area (Å²) in [4.78, 5) is 11.1. The van der Waals surface area contributed by atoms with E-state index in [1.54, 1.807) is 6.92 Å². The number of ether oxygens (including phenoxy) is 2. The van der Waals surface area contributed by atoms with Crippen LogP contribution in [0.3, 0.4) is 0 Å². The second-order valence-corrected chi connectivity index (χ2v) is 3.49. The predicted molar refractivity (Wildman–Crippen MR) is 62.4 cm³/mol. The lowest BCUT2D eigenvalue weighted by Crippen LogP contribution is -2.07. The van der Waals surface area contributed by atoms with Crippen LogP contribution in [-0.2, 0) is 9.53 Å². The fraction of sp³-hybridized carbons (Fsp3) is 0.462. The Balaban J connectivity index is 2.62. The second-order valence-electron chi connectivity index (χ2n) is 3.49. The summed E-state index contributed by atoms with van der Waals surface area (Å²) in [7, 11) is 0. The Bertz CT molecular complexity index is 330. The summed E-state index contributed by atoms with van der Waals surface area (Å²) < 4.78 is 10.5. The lowest BCUT2D eigenvalue weighted by molar-refractivity contribution is -0.148. The molecule has 0 amide bonds. The molecule has 1 unspecified atom stereocenters. The van der Waals surface area contributed by atoms with E-state index in [1.165, 1.54) is 0 Å². The maximum absolute atomic E-state index is 11.1. The first kappa shape index (κ1) is 12.6. The molecule has 0 aliphatic carbocycles. The Morgan fingerprint density at radius 1 is 1.25 bits per heavy atom. The molecule has 0 saturated heterocycles. The summed E-state index contributed by atoms with van der Waals surface area (Å²) in [5, 5.41) is 0. The van der Waals surface area contributed by atoms with Crippen molar-refractivity contribution in [3.05, 3.63) is 29.8 Å². The van der Waals surface area contributed by atoms with Crippen LogP contribution in [0.4, 0.5) is 0 Å². The van der Waals surface area contributed by atoms with E-state index in [0.29, 0.717) is 13.0 Å². The van der Waals surface area contributed by atoms with Crippen molar-refractivity contribution in [3.63, 3.8) is 0 Å². The van der Waals surface area contributed by atoms with Gasteiger partial charge in [-0.15, -0.1) is 0 Å². The first-order chi connectivity index (χ1) is 7.67. The van der Waals surface area contributed by atoms with Gasteiger partial charge in [-0.25, -0.2) is 0 Å². The lowest BCUT2D eigenvalue weighted by atomic mass is 10.1. The molecule has 0 aliphatic rings. The summed E-state index contributed by atoms with van der Waals surface area (Å²) in [5.41, 5.74) is 0.977. The largest absolute Gasteiger partial charge is 0.494 e. The third-order valence-electron chi connectivity index (χ3n) is 2.26. The molecule has 0 heterocycles. The third kappa shape index (κ3) is 3.57. The molecule has 0 aliphatic heterocycles. The van der Waals surface area contributed by atoms with Gasteiger partial charge in [0.2, 0.25) is 0 Å². The van der Waals surface area contributed by atoms with Crippen molar-refractivity contribution in [1.82, 2.24) is 0 Å². The van der Waals surface area contributed by atoms with E-state index < -0.39 is 0 Å². The van der Waals surface area contributed by atoms with Gasteiger partial charge < -0.3 is 9.47 Å². The number of carbonyl (C=O) groups excluding carboxylic acids is 1. The topological polar surface area (TPSA) is 35.5 Å². The maximum atomic E-state index is 11.1. The number of hydrogen-bond donors (Lipinski definition) is 0. The van der Waals surface area contributed by atoms with E-state index in [0.717, 1.165) is 11.3 Å². The number of hydrogen-bond acceptors (Lipinski definition) is 3. The Morgan fingerprint density at radius 2 is 1.88 bits per heavy atom. The maximum Gasteiger partial charge on any atom is 0.306 e. The molecule has 0 bridgehead atoms. The molecular formula is C13H18O3. The molecule has 3 nitrogen and oxygen atoms in total. The van der Waals surface area contributed by atoms with Crippen molar-refractivity contribution >= 4 is 5.97 Å². The molecule has 88 valence electrons. The van der Waals surface area contributed by atoms with Crippen molar-refractivity contribution in [2.45, 2.75) is 33.3 Å². The van der Waals surface area contributed by atoms with Gasteiger partial charge in [0.05, 0.1) is 6.61 Å². The summed E-state index contributed by atoms with van der Waals surface area (Å²) in [6.45, 7) is 6.25. The van der Waals surface area contributed by atoms with Crippen LogP contribution in [0.15, 0.2) is 24.3 Å². The first-order valence-electron chi connectivity index (χ1n) is 5.59. The fourth-order valence-electron chi connectivity index (χ4n) is 1.35. The molecule has 0 aromatic heterocycles. The van der Waals surface area contributed by atoms with Gasteiger partial charge in [0.15, 0.2) is 0 Å². The van der Waals surface area contributed by atoms with Crippen molar-refractivity contribution in [3.8, 4) is 5.75 Å². The monoisotopic (exact) mass is 222 g/mol. The number of esters is 1. The Kier molecular flexibility index (Phi) is 4.83. The van der Waals surface area contributed by atoms with E-state index in [1.807, 2.05) is 38.1 Å². The highest BCUT2D eigenvalue weighted by Crippen LogP contribution is 2.20. The first-order valence-corrected chi connectivity index (χ1v) is 5.59. The highest BCUT2D eigenvalue weighted by atomic mass is 16.5. The van der Waals surface area contributed by atoms with Gasteiger partial charge >= 0.3 is 5.97 Å². The summed E-state index contributed by atoms with van der Waals surface area (Å²) in [6.07, 6.45) is 0.199. The molecule has 0 saturated carbocycles. The van der Waals surface area contributed by atoms with Crippen LogP contribution < -0.4 is 4.74 Å². The van der Waals surface area contributed by atoms with Crippen LogP contribution in [0, 0.1) is 0 Å². The van der Waals surface area contributed by atoms with Crippen molar-refractivity contribution in [1.29, 1.82) is 0 Å². The van der Waals surface area contributed by atoms with Crippen LogP contribution >= 0.6 is 0 Å². The minimum absolute atomic E-state index is 0.179. The predicted octanol–water partition coefficient (Wildman–Crippen LogP) is 3.10. The van der Waals surface area contributed by atoms with Gasteiger partial charge in [-0.1, -0.05) is 19.1 Å². The van der Waals surface area contributed by atoms with E-state index in [-0.39, 0.29) is 12.1 Å². The van der Waals surface area contributed by atoms with Crippen molar-refractivity contribution < 1.29 is 14.3 Å². The summed E-state index contributed by atoms with van der Waals surface area (Å²) in [6, 6.07) is 7.60. The smallest absolute Gasteiger partial charge is 0.306 e. The molecule has 0 N–H and O–H groups in total. The van der Waals surface area contributed by atoms with Crippen LogP contribution in [0.5, 0.6) is 5.75 Å². The molecule has 1 rings (SSSR count). The zero-order valence-electron chi connectivity index (χ0n) is 10.0. The van der Waals surface area contributed by atoms with Gasteiger partial charge in [0.1, 0.15) is 11.9 Å². The molecule has 16 heavy (non-hydrogen) atoms. The minimum atomic E-state index is -0.205. The second kappa shape index (κ2) is 6.16. The fourth-order valence-corrected chi connectivity index (χ4v) is 1.35. The number of carbonyl (C=O) groups is 1. The SMILES string of the molecule is CCOc1ccc(C(C)OC(=O)CC)cc1. The zero-order valence-corrected chi connectivity index (χ0v) is 10.0. The Morgan fingerprint density at radius 3 is 2.38 bits per heavy atom. The molecule has 0 spiro atoms. The van der Waals surface area contributed by atoms with Gasteiger partial charge in [-0.3, -0.25) is 4.79 Å². The van der Waals surface area contributed by atoms with Crippen molar-refractivity contribution in [2.75, 3.05) is 6.61 Å². The van der Waals surface area contributed by atoms with Gasteiger partial charge in [0, 0.05) is 6.42 Å². The highest BCUT2D eigenvalue weighted by Gasteiger charge is 2.09. The quantitative estimate of drug-likeness (QED) is 0.718. The van der Waals surface area contributed by atoms with Crippen LogP contribution in [0.25, 0.3) is 0 Å². The number of rotatable bonds is 5. The normalized spacial score (nSPS) is 11.9. The van der Waals surface area contributed by atoms with E-state index in [4.69, 9.17) is 9.47 Å². The van der Waals surface area contributed by atoms with Gasteiger partial charge in [-0.05, 0) is 31.5 Å². The average Bonchev–Trinajstić information content (AvgIpc) is 2.30. The molecule has 1 aromatic carbocycles. The molecule has 1 aromatic rings. The van der Waals surface area contributed by atoms with Crippen molar-refractivity contribution in [2.24, 2.45) is 0 Å². The van der Waals surface area contributed by atoms with E-state index in [9.17, 15) is 4.79 Å². The molecule has 1 atom stereocenters. The van der Waals surface area contributed by atoms with Crippen LogP contribution in [-0.4, -0.2) is 12.6 Å². The highest BCUT2D eigenvalue weighted by molar-refractivity contribution is 5.69. The lowest BCUT2D eigenvalue weighted by Gasteiger charge is -2.13. The summed E-state index contributed by atoms with van der Waals surface area (Å²) in [5.74, 6) is 0.654. The third-order valence-corrected chi connectivity index (χ3v) is 2.26. The summed E-state index contributed by atoms with van der Waals surface area (Å²) >= 11 is 0. The Hall–Kier alpha value is -1.51. The van der Waals surface area contributed by atoms with Gasteiger partial charge in [-0.2, -0.15) is 0 Å². The number of benzene rings is 1. The Labute approximate surface area is 96.4 Å². The van der Waals surface area contributed by atoms with Crippen LogP contribution in [0.2, 0.25) is 0 Å². The molecule has 0 fully saturated rings. The molecular weight excluding hydrogens is 204 g/mol. The van der Waals surface area contributed by atoms with E-state index >= 15 is 0 Å².